The predicted molar refractivity (Wildman–Crippen MR) is 85.3 cm³/mol. The van der Waals surface area contributed by atoms with Gasteiger partial charge < -0.3 is 19.7 Å². The minimum atomic E-state index is -1.84. The molecule has 1 atom stereocenters. The molecular formula is C17H17NO5. The summed E-state index contributed by atoms with van der Waals surface area (Å²) in [6.45, 7) is 0. The number of aliphatic carboxylic acids is 1. The van der Waals surface area contributed by atoms with Crippen molar-refractivity contribution in [3.8, 4) is 11.5 Å². The van der Waals surface area contributed by atoms with Gasteiger partial charge in [0.1, 0.15) is 11.5 Å². The lowest BCUT2D eigenvalue weighted by Gasteiger charge is -2.11. The number of nitrogens with zero attached hydrogens (tertiary/aromatic N) is 1. The molecule has 2 aromatic carbocycles. The molecule has 0 aliphatic heterocycles. The summed E-state index contributed by atoms with van der Waals surface area (Å²) in [5.74, 6) is -0.0762. The number of benzene rings is 2. The maximum Gasteiger partial charge on any atom is 0.355 e. The second-order valence-corrected chi connectivity index (χ2v) is 4.65. The maximum atomic E-state index is 10.9. The van der Waals surface area contributed by atoms with E-state index in [0.29, 0.717) is 28.3 Å². The summed E-state index contributed by atoms with van der Waals surface area (Å²) in [5, 5.41) is 18.5. The van der Waals surface area contributed by atoms with Gasteiger partial charge in [0.2, 0.25) is 6.23 Å². The normalized spacial score (nSPS) is 11.4. The van der Waals surface area contributed by atoms with Gasteiger partial charge in [-0.05, 0) is 48.5 Å². The van der Waals surface area contributed by atoms with E-state index < -0.39 is 12.2 Å². The van der Waals surface area contributed by atoms with Crippen molar-refractivity contribution in [3.05, 3.63) is 59.7 Å². The van der Waals surface area contributed by atoms with Crippen LogP contribution >= 0.6 is 0 Å². The Labute approximate surface area is 133 Å². The van der Waals surface area contributed by atoms with Crippen molar-refractivity contribution in [2.75, 3.05) is 14.2 Å². The Morgan fingerprint density at radius 2 is 1.30 bits per heavy atom. The van der Waals surface area contributed by atoms with Gasteiger partial charge in [-0.25, -0.2) is 9.79 Å². The molecule has 1 unspecified atom stereocenters. The van der Waals surface area contributed by atoms with Gasteiger partial charge in [0.05, 0.1) is 19.9 Å². The fraction of sp³-hybridized carbons (Fsp3) is 0.176. The number of methoxy groups -OCH3 is 2. The molecule has 6 nitrogen and oxygen atoms in total. The van der Waals surface area contributed by atoms with Gasteiger partial charge in [0.15, 0.2) is 0 Å². The van der Waals surface area contributed by atoms with Crippen LogP contribution in [0.2, 0.25) is 0 Å². The first-order valence-electron chi connectivity index (χ1n) is 6.82. The van der Waals surface area contributed by atoms with Crippen molar-refractivity contribution in [1.29, 1.82) is 0 Å². The fourth-order valence-electron chi connectivity index (χ4n) is 1.99. The van der Waals surface area contributed by atoms with Crippen LogP contribution in [0.15, 0.2) is 53.5 Å². The van der Waals surface area contributed by atoms with Gasteiger partial charge in [-0.3, -0.25) is 0 Å². The number of rotatable bonds is 6. The molecule has 0 amide bonds. The summed E-state index contributed by atoms with van der Waals surface area (Å²) in [6.07, 6.45) is -1.84. The molecule has 2 N–H and O–H groups in total. The van der Waals surface area contributed by atoms with Crippen molar-refractivity contribution in [1.82, 2.24) is 0 Å². The minimum absolute atomic E-state index is 0.366. The number of ether oxygens (including phenoxy) is 2. The lowest BCUT2D eigenvalue weighted by molar-refractivity contribution is -0.146. The average Bonchev–Trinajstić information content (AvgIpc) is 2.59. The highest BCUT2D eigenvalue weighted by Gasteiger charge is 2.15. The van der Waals surface area contributed by atoms with Crippen LogP contribution in [-0.4, -0.2) is 42.3 Å². The minimum Gasteiger partial charge on any atom is -0.497 e. The number of hydrogen-bond donors (Lipinski definition) is 2. The van der Waals surface area contributed by atoms with Gasteiger partial charge in [-0.15, -0.1) is 0 Å². The van der Waals surface area contributed by atoms with Gasteiger partial charge in [0.25, 0.3) is 0 Å². The summed E-state index contributed by atoms with van der Waals surface area (Å²) in [5.41, 5.74) is 1.69. The number of carboxylic acid groups (broad SMARTS) is 1. The number of aliphatic hydroxyl groups excluding tert-OH is 1. The van der Waals surface area contributed by atoms with E-state index >= 15 is 0 Å². The van der Waals surface area contributed by atoms with Crippen LogP contribution in [0.4, 0.5) is 0 Å². The van der Waals surface area contributed by atoms with Crippen LogP contribution in [0, 0.1) is 0 Å². The summed E-state index contributed by atoms with van der Waals surface area (Å²) >= 11 is 0. The van der Waals surface area contributed by atoms with Crippen molar-refractivity contribution < 1.29 is 24.5 Å². The van der Waals surface area contributed by atoms with Crippen molar-refractivity contribution in [2.24, 2.45) is 4.99 Å². The van der Waals surface area contributed by atoms with Gasteiger partial charge >= 0.3 is 5.97 Å². The Kier molecular flexibility index (Phi) is 5.32. The Morgan fingerprint density at radius 1 is 0.913 bits per heavy atom. The molecule has 0 fully saturated rings. The highest BCUT2D eigenvalue weighted by Crippen LogP contribution is 2.19. The Hall–Kier alpha value is -2.86. The number of aliphatic hydroxyl groups is 1. The molecule has 0 aliphatic rings. The molecular weight excluding hydrogens is 298 g/mol. The Balaban J connectivity index is 2.47. The first-order valence-corrected chi connectivity index (χ1v) is 6.82. The zero-order valence-electron chi connectivity index (χ0n) is 12.8. The molecule has 2 aromatic rings. The number of aliphatic imine (C=N–C) groups is 1. The van der Waals surface area contributed by atoms with Crippen LogP contribution in [-0.2, 0) is 4.79 Å². The van der Waals surface area contributed by atoms with Crippen LogP contribution in [0.25, 0.3) is 0 Å². The number of carbonyl (C=O) groups is 1. The van der Waals surface area contributed by atoms with E-state index in [1.807, 2.05) is 0 Å². The molecule has 0 heterocycles. The third-order valence-electron chi connectivity index (χ3n) is 3.20. The highest BCUT2D eigenvalue weighted by atomic mass is 16.5. The van der Waals surface area contributed by atoms with E-state index in [9.17, 15) is 9.90 Å². The average molecular weight is 315 g/mol. The predicted octanol–water partition coefficient (Wildman–Crippen LogP) is 1.94. The standard InChI is InChI=1S/C17H17NO5/c1-22-13-7-3-11(4-8-13)15(18-16(19)17(20)21)12-5-9-14(23-2)10-6-12/h3-10,16,19H,1-2H3,(H,20,21). The van der Waals surface area contributed by atoms with Gasteiger partial charge in [-0.2, -0.15) is 0 Å². The summed E-state index contributed by atoms with van der Waals surface area (Å²) in [7, 11) is 3.11. The van der Waals surface area contributed by atoms with Crippen LogP contribution in [0.3, 0.4) is 0 Å². The number of hydrogen-bond acceptors (Lipinski definition) is 5. The molecule has 2 rings (SSSR count). The quantitative estimate of drug-likeness (QED) is 0.795. The first-order chi connectivity index (χ1) is 11.0. The van der Waals surface area contributed by atoms with Crippen molar-refractivity contribution in [3.63, 3.8) is 0 Å². The second-order valence-electron chi connectivity index (χ2n) is 4.65. The summed E-state index contributed by atoms with van der Waals surface area (Å²) < 4.78 is 10.2. The SMILES string of the molecule is COc1ccc(C(=NC(O)C(=O)O)c2ccc(OC)cc2)cc1. The highest BCUT2D eigenvalue weighted by molar-refractivity contribution is 6.13. The molecule has 0 saturated carbocycles. The summed E-state index contributed by atoms with van der Waals surface area (Å²) in [4.78, 5) is 14.8. The molecule has 0 bridgehead atoms. The van der Waals surface area contributed by atoms with E-state index in [2.05, 4.69) is 4.99 Å². The molecule has 0 radical (unpaired) electrons. The van der Waals surface area contributed by atoms with E-state index in [1.54, 1.807) is 62.8 Å². The van der Waals surface area contributed by atoms with E-state index in [1.165, 1.54) is 0 Å². The van der Waals surface area contributed by atoms with Gasteiger partial charge in [0, 0.05) is 11.1 Å². The molecule has 6 heteroatoms. The third kappa shape index (κ3) is 4.08. The molecule has 0 spiro atoms. The Bertz CT molecular complexity index is 642. The lowest BCUT2D eigenvalue weighted by atomic mass is 10.0. The van der Waals surface area contributed by atoms with E-state index in [4.69, 9.17) is 14.6 Å². The molecule has 23 heavy (non-hydrogen) atoms. The van der Waals surface area contributed by atoms with Crippen LogP contribution in [0.1, 0.15) is 11.1 Å². The maximum absolute atomic E-state index is 10.9. The molecule has 0 saturated heterocycles. The van der Waals surface area contributed by atoms with Crippen LogP contribution in [0.5, 0.6) is 11.5 Å². The Morgan fingerprint density at radius 3 is 1.61 bits per heavy atom. The van der Waals surface area contributed by atoms with Crippen LogP contribution < -0.4 is 9.47 Å². The van der Waals surface area contributed by atoms with E-state index in [0.717, 1.165) is 0 Å². The monoisotopic (exact) mass is 315 g/mol. The third-order valence-corrected chi connectivity index (χ3v) is 3.20. The fourth-order valence-corrected chi connectivity index (χ4v) is 1.99. The molecule has 120 valence electrons. The second kappa shape index (κ2) is 7.42. The smallest absolute Gasteiger partial charge is 0.355 e. The molecule has 0 aromatic heterocycles. The zero-order chi connectivity index (χ0) is 16.8. The van der Waals surface area contributed by atoms with Crippen molar-refractivity contribution >= 4 is 11.7 Å². The van der Waals surface area contributed by atoms with Crippen molar-refractivity contribution in [2.45, 2.75) is 6.23 Å². The zero-order valence-corrected chi connectivity index (χ0v) is 12.8. The number of carboxylic acids is 1. The summed E-state index contributed by atoms with van der Waals surface area (Å²) in [6, 6.07) is 13.9. The van der Waals surface area contributed by atoms with E-state index in [-0.39, 0.29) is 0 Å². The first kappa shape index (κ1) is 16.5. The largest absolute Gasteiger partial charge is 0.497 e. The topological polar surface area (TPSA) is 88.4 Å². The van der Waals surface area contributed by atoms with Gasteiger partial charge in [-0.1, -0.05) is 0 Å². The lowest BCUT2D eigenvalue weighted by Crippen LogP contribution is -2.20. The molecule has 0 aliphatic carbocycles.